The molecule has 0 bridgehead atoms. The molecular formula is C15H14O3. The minimum atomic E-state index is 0.547. The SMILES string of the molecule is COCc1cccc(Oc2cccc(C=O)c2)c1. The largest absolute Gasteiger partial charge is 0.457 e. The van der Waals surface area contributed by atoms with E-state index in [0.717, 1.165) is 17.6 Å². The van der Waals surface area contributed by atoms with Crippen LogP contribution in [0.3, 0.4) is 0 Å². The first-order valence-electron chi connectivity index (χ1n) is 5.63. The molecule has 0 N–H and O–H groups in total. The van der Waals surface area contributed by atoms with E-state index < -0.39 is 0 Å². The Kier molecular flexibility index (Phi) is 4.10. The fraction of sp³-hybridized carbons (Fsp3) is 0.133. The summed E-state index contributed by atoms with van der Waals surface area (Å²) in [5.74, 6) is 1.38. The van der Waals surface area contributed by atoms with Gasteiger partial charge in [-0.25, -0.2) is 0 Å². The predicted octanol–water partition coefficient (Wildman–Crippen LogP) is 3.44. The molecule has 0 radical (unpaired) electrons. The average Bonchev–Trinajstić information content (AvgIpc) is 2.40. The van der Waals surface area contributed by atoms with Gasteiger partial charge in [0.2, 0.25) is 0 Å². The van der Waals surface area contributed by atoms with Crippen molar-refractivity contribution in [1.82, 2.24) is 0 Å². The maximum atomic E-state index is 10.7. The smallest absolute Gasteiger partial charge is 0.150 e. The van der Waals surface area contributed by atoms with Crippen LogP contribution < -0.4 is 4.74 Å². The zero-order valence-corrected chi connectivity index (χ0v) is 10.1. The first-order chi connectivity index (χ1) is 8.81. The van der Waals surface area contributed by atoms with Gasteiger partial charge >= 0.3 is 0 Å². The number of ether oxygens (including phenoxy) is 2. The van der Waals surface area contributed by atoms with Crippen LogP contribution in [0.1, 0.15) is 15.9 Å². The third-order valence-electron chi connectivity index (χ3n) is 2.44. The number of hydrogen-bond donors (Lipinski definition) is 0. The Hall–Kier alpha value is -2.13. The fourth-order valence-corrected chi connectivity index (χ4v) is 1.65. The van der Waals surface area contributed by atoms with Gasteiger partial charge in [-0.3, -0.25) is 4.79 Å². The third-order valence-corrected chi connectivity index (χ3v) is 2.44. The quantitative estimate of drug-likeness (QED) is 0.753. The van der Waals surface area contributed by atoms with Gasteiger partial charge in [-0.15, -0.1) is 0 Å². The van der Waals surface area contributed by atoms with E-state index in [1.54, 1.807) is 25.3 Å². The Labute approximate surface area is 106 Å². The second-order valence-electron chi connectivity index (χ2n) is 3.87. The Morgan fingerprint density at radius 1 is 1.06 bits per heavy atom. The van der Waals surface area contributed by atoms with Crippen LogP contribution in [0.15, 0.2) is 48.5 Å². The summed E-state index contributed by atoms with van der Waals surface area (Å²) in [4.78, 5) is 10.7. The van der Waals surface area contributed by atoms with Crippen LogP contribution in [0.2, 0.25) is 0 Å². The molecule has 0 atom stereocenters. The molecule has 18 heavy (non-hydrogen) atoms. The second kappa shape index (κ2) is 5.98. The molecule has 2 aromatic carbocycles. The van der Waals surface area contributed by atoms with Crippen LogP contribution in [0.5, 0.6) is 11.5 Å². The van der Waals surface area contributed by atoms with Gasteiger partial charge in [0.15, 0.2) is 0 Å². The number of benzene rings is 2. The van der Waals surface area contributed by atoms with Gasteiger partial charge in [-0.1, -0.05) is 24.3 Å². The minimum absolute atomic E-state index is 0.547. The molecule has 3 heteroatoms. The van der Waals surface area contributed by atoms with Gasteiger partial charge in [0.25, 0.3) is 0 Å². The van der Waals surface area contributed by atoms with Crippen molar-refractivity contribution in [2.24, 2.45) is 0 Å². The lowest BCUT2D eigenvalue weighted by molar-refractivity contribution is 0.112. The Balaban J connectivity index is 2.17. The fourth-order valence-electron chi connectivity index (χ4n) is 1.65. The van der Waals surface area contributed by atoms with E-state index >= 15 is 0 Å². The van der Waals surface area contributed by atoms with Crippen LogP contribution in [0.4, 0.5) is 0 Å². The number of hydrogen-bond acceptors (Lipinski definition) is 3. The van der Waals surface area contributed by atoms with Gasteiger partial charge in [-0.2, -0.15) is 0 Å². The molecule has 0 aliphatic rings. The van der Waals surface area contributed by atoms with Gasteiger partial charge in [0.05, 0.1) is 6.61 Å². The van der Waals surface area contributed by atoms with Crippen molar-refractivity contribution < 1.29 is 14.3 Å². The van der Waals surface area contributed by atoms with Crippen LogP contribution in [-0.2, 0) is 11.3 Å². The highest BCUT2D eigenvalue weighted by molar-refractivity contribution is 5.75. The molecule has 0 aliphatic carbocycles. The molecule has 0 saturated carbocycles. The molecule has 0 saturated heterocycles. The Morgan fingerprint density at radius 2 is 1.78 bits per heavy atom. The van der Waals surface area contributed by atoms with Crippen LogP contribution in [0, 0.1) is 0 Å². The van der Waals surface area contributed by atoms with Crippen LogP contribution in [0.25, 0.3) is 0 Å². The molecule has 3 nitrogen and oxygen atoms in total. The standard InChI is InChI=1S/C15H14O3/c1-17-11-13-5-3-7-15(9-13)18-14-6-2-4-12(8-14)10-16/h2-10H,11H2,1H3. The zero-order valence-electron chi connectivity index (χ0n) is 10.1. The van der Waals surface area contributed by atoms with Crippen molar-refractivity contribution in [3.63, 3.8) is 0 Å². The lowest BCUT2D eigenvalue weighted by atomic mass is 10.2. The van der Waals surface area contributed by atoms with Crippen molar-refractivity contribution in [2.75, 3.05) is 7.11 Å². The zero-order chi connectivity index (χ0) is 12.8. The van der Waals surface area contributed by atoms with Crippen molar-refractivity contribution in [2.45, 2.75) is 6.61 Å². The molecule has 0 aromatic heterocycles. The van der Waals surface area contributed by atoms with Crippen LogP contribution >= 0.6 is 0 Å². The van der Waals surface area contributed by atoms with E-state index in [4.69, 9.17) is 9.47 Å². The van der Waals surface area contributed by atoms with E-state index in [-0.39, 0.29) is 0 Å². The first-order valence-corrected chi connectivity index (χ1v) is 5.63. The number of carbonyl (C=O) groups excluding carboxylic acids is 1. The summed E-state index contributed by atoms with van der Waals surface area (Å²) in [7, 11) is 1.65. The van der Waals surface area contributed by atoms with E-state index in [0.29, 0.717) is 17.9 Å². The van der Waals surface area contributed by atoms with Crippen molar-refractivity contribution in [3.8, 4) is 11.5 Å². The molecule has 2 aromatic rings. The molecule has 0 aliphatic heterocycles. The second-order valence-corrected chi connectivity index (χ2v) is 3.87. The van der Waals surface area contributed by atoms with E-state index in [1.165, 1.54) is 0 Å². The molecular weight excluding hydrogens is 228 g/mol. The molecule has 0 amide bonds. The van der Waals surface area contributed by atoms with E-state index in [2.05, 4.69) is 0 Å². The van der Waals surface area contributed by atoms with E-state index in [1.807, 2.05) is 30.3 Å². The maximum Gasteiger partial charge on any atom is 0.150 e. The Morgan fingerprint density at radius 3 is 2.50 bits per heavy atom. The lowest BCUT2D eigenvalue weighted by Crippen LogP contribution is -1.90. The first kappa shape index (κ1) is 12.3. The summed E-state index contributed by atoms with van der Waals surface area (Å²) in [5, 5.41) is 0. The summed E-state index contributed by atoms with van der Waals surface area (Å²) in [6.45, 7) is 0.547. The molecule has 0 fully saturated rings. The highest BCUT2D eigenvalue weighted by atomic mass is 16.5. The normalized spacial score (nSPS) is 10.1. The van der Waals surface area contributed by atoms with Crippen molar-refractivity contribution in [3.05, 3.63) is 59.7 Å². The number of aldehydes is 1. The van der Waals surface area contributed by atoms with Gasteiger partial charge in [0, 0.05) is 12.7 Å². The van der Waals surface area contributed by atoms with Gasteiger partial charge in [0.1, 0.15) is 17.8 Å². The maximum absolute atomic E-state index is 10.7. The molecule has 0 unspecified atom stereocenters. The summed E-state index contributed by atoms with van der Waals surface area (Å²) in [5.41, 5.74) is 1.64. The van der Waals surface area contributed by atoms with Crippen molar-refractivity contribution >= 4 is 6.29 Å². The topological polar surface area (TPSA) is 35.5 Å². The predicted molar refractivity (Wildman–Crippen MR) is 69.1 cm³/mol. The molecule has 0 spiro atoms. The summed E-state index contributed by atoms with van der Waals surface area (Å²) in [6, 6.07) is 14.7. The lowest BCUT2D eigenvalue weighted by Gasteiger charge is -2.07. The van der Waals surface area contributed by atoms with E-state index in [9.17, 15) is 4.79 Å². The highest BCUT2D eigenvalue weighted by Crippen LogP contribution is 2.23. The molecule has 2 rings (SSSR count). The minimum Gasteiger partial charge on any atom is -0.457 e. The number of rotatable bonds is 5. The monoisotopic (exact) mass is 242 g/mol. The molecule has 92 valence electrons. The number of methoxy groups -OCH3 is 1. The van der Waals surface area contributed by atoms with Crippen LogP contribution in [-0.4, -0.2) is 13.4 Å². The summed E-state index contributed by atoms with van der Waals surface area (Å²) in [6.07, 6.45) is 0.800. The molecule has 0 heterocycles. The third kappa shape index (κ3) is 3.18. The average molecular weight is 242 g/mol. The highest BCUT2D eigenvalue weighted by Gasteiger charge is 2.00. The van der Waals surface area contributed by atoms with Crippen molar-refractivity contribution in [1.29, 1.82) is 0 Å². The van der Waals surface area contributed by atoms with Gasteiger partial charge < -0.3 is 9.47 Å². The Bertz CT molecular complexity index is 535. The van der Waals surface area contributed by atoms with Gasteiger partial charge in [-0.05, 0) is 29.8 Å². The number of carbonyl (C=O) groups is 1. The summed E-state index contributed by atoms with van der Waals surface area (Å²) >= 11 is 0. The summed E-state index contributed by atoms with van der Waals surface area (Å²) < 4.78 is 10.8.